The molecule has 27 heavy (non-hydrogen) atoms. The third-order valence-corrected chi connectivity index (χ3v) is 5.32. The van der Waals surface area contributed by atoms with Gasteiger partial charge in [0.05, 0.1) is 18.7 Å². The number of carbonyl (C=O) groups excluding carboxylic acids is 1. The number of pyridine rings is 1. The minimum Gasteiger partial charge on any atom is -0.497 e. The van der Waals surface area contributed by atoms with Gasteiger partial charge in [0.2, 0.25) is 5.43 Å². The van der Waals surface area contributed by atoms with Crippen molar-refractivity contribution in [3.05, 3.63) is 76.1 Å². The number of amides is 1. The zero-order valence-corrected chi connectivity index (χ0v) is 15.5. The van der Waals surface area contributed by atoms with Crippen LogP contribution in [0.15, 0.2) is 59.5 Å². The first-order valence-corrected chi connectivity index (χ1v) is 9.13. The van der Waals surface area contributed by atoms with Crippen LogP contribution in [-0.2, 0) is 7.05 Å². The lowest BCUT2D eigenvalue weighted by molar-refractivity contribution is 0.0733. The summed E-state index contributed by atoms with van der Waals surface area (Å²) in [5, 5.41) is 0.572. The van der Waals surface area contributed by atoms with Crippen molar-refractivity contribution in [2.75, 3.05) is 13.7 Å². The molecule has 1 saturated heterocycles. The van der Waals surface area contributed by atoms with Gasteiger partial charge in [-0.25, -0.2) is 0 Å². The predicted octanol–water partition coefficient (Wildman–Crippen LogP) is 3.52. The molecule has 4 rings (SSSR count). The highest BCUT2D eigenvalue weighted by atomic mass is 16.5. The highest BCUT2D eigenvalue weighted by Crippen LogP contribution is 2.34. The van der Waals surface area contributed by atoms with Gasteiger partial charge in [0.15, 0.2) is 0 Å². The normalized spacial score (nSPS) is 16.7. The highest BCUT2D eigenvalue weighted by molar-refractivity contribution is 5.97. The van der Waals surface area contributed by atoms with E-state index in [2.05, 4.69) is 0 Å². The third-order valence-electron chi connectivity index (χ3n) is 5.32. The van der Waals surface area contributed by atoms with Gasteiger partial charge in [-0.3, -0.25) is 9.59 Å². The van der Waals surface area contributed by atoms with E-state index in [0.717, 1.165) is 29.7 Å². The fraction of sp³-hybridized carbons (Fsp3) is 0.273. The number of aromatic nitrogens is 1. The monoisotopic (exact) mass is 362 g/mol. The summed E-state index contributed by atoms with van der Waals surface area (Å²) in [6.45, 7) is 0.649. The summed E-state index contributed by atoms with van der Waals surface area (Å²) in [4.78, 5) is 28.0. The van der Waals surface area contributed by atoms with E-state index >= 15 is 0 Å². The fourth-order valence-corrected chi connectivity index (χ4v) is 3.95. The Labute approximate surface area is 157 Å². The van der Waals surface area contributed by atoms with Crippen LogP contribution in [0.4, 0.5) is 0 Å². The van der Waals surface area contributed by atoms with E-state index < -0.39 is 0 Å². The molecule has 0 aliphatic carbocycles. The molecule has 0 saturated carbocycles. The van der Waals surface area contributed by atoms with E-state index in [1.165, 1.54) is 0 Å². The minimum absolute atomic E-state index is 0.0382. The van der Waals surface area contributed by atoms with E-state index in [1.54, 1.807) is 19.4 Å². The Kier molecular flexibility index (Phi) is 4.44. The molecule has 1 fully saturated rings. The Hall–Kier alpha value is -3.08. The number of methoxy groups -OCH3 is 1. The van der Waals surface area contributed by atoms with Crippen LogP contribution >= 0.6 is 0 Å². The molecule has 2 aromatic carbocycles. The van der Waals surface area contributed by atoms with Gasteiger partial charge >= 0.3 is 0 Å². The average Bonchev–Trinajstić information content (AvgIpc) is 3.20. The van der Waals surface area contributed by atoms with Gasteiger partial charge in [0.1, 0.15) is 11.3 Å². The molecule has 0 N–H and O–H groups in total. The lowest BCUT2D eigenvalue weighted by Gasteiger charge is -2.25. The molecule has 1 aromatic heterocycles. The summed E-state index contributed by atoms with van der Waals surface area (Å²) < 4.78 is 7.17. The summed E-state index contributed by atoms with van der Waals surface area (Å²) in [6, 6.07) is 15.1. The lowest BCUT2D eigenvalue weighted by Crippen LogP contribution is -2.34. The molecular weight excluding hydrogens is 340 g/mol. The Morgan fingerprint density at radius 1 is 1.15 bits per heavy atom. The zero-order valence-electron chi connectivity index (χ0n) is 15.5. The smallest absolute Gasteiger partial charge is 0.259 e. The molecule has 138 valence electrons. The van der Waals surface area contributed by atoms with Crippen molar-refractivity contribution in [3.63, 3.8) is 0 Å². The quantitative estimate of drug-likeness (QED) is 0.716. The number of fused-ring (bicyclic) bond motifs is 1. The topological polar surface area (TPSA) is 51.5 Å². The Balaban J connectivity index is 1.75. The van der Waals surface area contributed by atoms with Crippen LogP contribution in [0.2, 0.25) is 0 Å². The molecule has 0 bridgehead atoms. The van der Waals surface area contributed by atoms with Crippen molar-refractivity contribution in [2.45, 2.75) is 18.9 Å². The van der Waals surface area contributed by atoms with Gasteiger partial charge in [-0.05, 0) is 42.7 Å². The van der Waals surface area contributed by atoms with Crippen molar-refractivity contribution < 1.29 is 9.53 Å². The van der Waals surface area contributed by atoms with Gasteiger partial charge in [-0.15, -0.1) is 0 Å². The van der Waals surface area contributed by atoms with Crippen molar-refractivity contribution in [3.8, 4) is 5.75 Å². The van der Waals surface area contributed by atoms with Crippen molar-refractivity contribution in [1.82, 2.24) is 9.47 Å². The molecule has 2 heterocycles. The number of hydrogen-bond donors (Lipinski definition) is 0. The van der Waals surface area contributed by atoms with Gasteiger partial charge in [-0.2, -0.15) is 0 Å². The summed E-state index contributed by atoms with van der Waals surface area (Å²) in [7, 11) is 3.50. The zero-order chi connectivity index (χ0) is 19.0. The van der Waals surface area contributed by atoms with Crippen LogP contribution in [0.25, 0.3) is 10.9 Å². The van der Waals surface area contributed by atoms with Crippen LogP contribution in [0.5, 0.6) is 5.75 Å². The molecule has 0 spiro atoms. The van der Waals surface area contributed by atoms with E-state index in [4.69, 9.17) is 4.74 Å². The molecule has 1 amide bonds. The Morgan fingerprint density at radius 3 is 2.78 bits per heavy atom. The first-order valence-electron chi connectivity index (χ1n) is 9.13. The SMILES string of the molecule is COc1cccc([C@@H]2CCCN2C(=O)c2cn(C)c3ccccc3c2=O)c1. The first-order chi connectivity index (χ1) is 13.1. The molecule has 0 unspecified atom stereocenters. The van der Waals surface area contributed by atoms with Gasteiger partial charge < -0.3 is 14.2 Å². The second-order valence-corrected chi connectivity index (χ2v) is 6.93. The number of aryl methyl sites for hydroxylation is 1. The standard InChI is InChI=1S/C22H22N2O3/c1-23-14-18(21(25)17-9-3-4-10-20(17)23)22(26)24-12-6-11-19(24)15-7-5-8-16(13-15)27-2/h3-5,7-10,13-14,19H,6,11-12H2,1-2H3/t19-/m0/s1. The number of benzene rings is 2. The molecular formula is C22H22N2O3. The summed E-state index contributed by atoms with van der Waals surface area (Å²) in [5.41, 5.74) is 1.89. The van der Waals surface area contributed by atoms with E-state index in [9.17, 15) is 9.59 Å². The number of para-hydroxylation sites is 1. The number of carbonyl (C=O) groups is 1. The minimum atomic E-state index is -0.204. The highest BCUT2D eigenvalue weighted by Gasteiger charge is 2.32. The maximum absolute atomic E-state index is 13.3. The maximum atomic E-state index is 13.3. The van der Waals surface area contributed by atoms with Gasteiger partial charge in [-0.1, -0.05) is 24.3 Å². The van der Waals surface area contributed by atoms with E-state index in [-0.39, 0.29) is 22.9 Å². The molecule has 3 aromatic rings. The van der Waals surface area contributed by atoms with Gasteiger partial charge in [0.25, 0.3) is 5.91 Å². The molecule has 1 aliphatic heterocycles. The van der Waals surface area contributed by atoms with Crippen LogP contribution in [0.1, 0.15) is 34.8 Å². The lowest BCUT2D eigenvalue weighted by atomic mass is 10.0. The maximum Gasteiger partial charge on any atom is 0.259 e. The van der Waals surface area contributed by atoms with Crippen LogP contribution < -0.4 is 10.2 Å². The molecule has 1 aliphatic rings. The average molecular weight is 362 g/mol. The third kappa shape index (κ3) is 2.99. The fourth-order valence-electron chi connectivity index (χ4n) is 3.95. The summed E-state index contributed by atoms with van der Waals surface area (Å²) >= 11 is 0. The molecule has 5 heteroatoms. The van der Waals surface area contributed by atoms with Crippen LogP contribution in [0, 0.1) is 0 Å². The summed E-state index contributed by atoms with van der Waals surface area (Å²) in [5.74, 6) is 0.570. The number of nitrogens with zero attached hydrogens (tertiary/aromatic N) is 2. The Bertz CT molecular complexity index is 1070. The number of likely N-dealkylation sites (tertiary alicyclic amines) is 1. The largest absolute Gasteiger partial charge is 0.497 e. The van der Waals surface area contributed by atoms with Crippen LogP contribution in [-0.4, -0.2) is 29.0 Å². The number of rotatable bonds is 3. The number of hydrogen-bond acceptors (Lipinski definition) is 3. The predicted molar refractivity (Wildman–Crippen MR) is 105 cm³/mol. The Morgan fingerprint density at radius 2 is 1.96 bits per heavy atom. The van der Waals surface area contributed by atoms with E-state index in [1.807, 2.05) is 59.0 Å². The van der Waals surface area contributed by atoms with E-state index in [0.29, 0.717) is 11.9 Å². The first kappa shape index (κ1) is 17.3. The van der Waals surface area contributed by atoms with Crippen molar-refractivity contribution in [2.24, 2.45) is 7.05 Å². The number of ether oxygens (including phenoxy) is 1. The molecule has 0 radical (unpaired) electrons. The molecule has 1 atom stereocenters. The van der Waals surface area contributed by atoms with Gasteiger partial charge in [0, 0.05) is 25.2 Å². The molecule has 5 nitrogen and oxygen atoms in total. The summed E-state index contributed by atoms with van der Waals surface area (Å²) in [6.07, 6.45) is 3.46. The van der Waals surface area contributed by atoms with Crippen molar-refractivity contribution >= 4 is 16.8 Å². The van der Waals surface area contributed by atoms with Crippen molar-refractivity contribution in [1.29, 1.82) is 0 Å². The van der Waals surface area contributed by atoms with Crippen LogP contribution in [0.3, 0.4) is 0 Å². The second-order valence-electron chi connectivity index (χ2n) is 6.93. The second kappa shape index (κ2) is 6.91.